The number of aromatic nitrogens is 2. The maximum absolute atomic E-state index is 5.53. The number of nitrogens with one attached hydrogen (secondary N) is 1. The number of hydrogen-bond donors (Lipinski definition) is 1. The zero-order valence-electron chi connectivity index (χ0n) is 7.26. The monoisotopic (exact) mass is 187 g/mol. The molecule has 0 aliphatic heterocycles. The van der Waals surface area contributed by atoms with Gasteiger partial charge in [0.05, 0.1) is 5.69 Å². The van der Waals surface area contributed by atoms with Crippen LogP contribution in [0.2, 0.25) is 0 Å². The number of alkyl halides is 1. The molecule has 0 spiro atoms. The van der Waals surface area contributed by atoms with Crippen molar-refractivity contribution in [2.45, 2.75) is 13.0 Å². The van der Waals surface area contributed by atoms with E-state index in [2.05, 4.69) is 10.4 Å². The van der Waals surface area contributed by atoms with Crippen molar-refractivity contribution < 1.29 is 0 Å². The van der Waals surface area contributed by atoms with Crippen LogP contribution in [0, 0.1) is 0 Å². The van der Waals surface area contributed by atoms with Crippen molar-refractivity contribution in [3.8, 4) is 0 Å². The summed E-state index contributed by atoms with van der Waals surface area (Å²) in [6.45, 7) is 1.79. The van der Waals surface area contributed by atoms with E-state index in [9.17, 15) is 0 Å². The number of hydrogen-bond acceptors (Lipinski definition) is 2. The van der Waals surface area contributed by atoms with Gasteiger partial charge in [-0.15, -0.1) is 11.6 Å². The largest absolute Gasteiger partial charge is 0.311 e. The average Bonchev–Trinajstić information content (AvgIpc) is 2.45. The fourth-order valence-electron chi connectivity index (χ4n) is 0.966. The second kappa shape index (κ2) is 5.17. The van der Waals surface area contributed by atoms with E-state index in [1.54, 1.807) is 4.68 Å². The van der Waals surface area contributed by atoms with Gasteiger partial charge in [0.1, 0.15) is 0 Å². The molecule has 0 aromatic carbocycles. The number of rotatable bonds is 5. The van der Waals surface area contributed by atoms with Crippen LogP contribution in [-0.4, -0.2) is 22.2 Å². The van der Waals surface area contributed by atoms with E-state index in [-0.39, 0.29) is 0 Å². The summed E-state index contributed by atoms with van der Waals surface area (Å²) in [6.07, 6.45) is 2.95. The second-order valence-electron chi connectivity index (χ2n) is 2.70. The van der Waals surface area contributed by atoms with E-state index in [1.165, 1.54) is 0 Å². The van der Waals surface area contributed by atoms with Crippen molar-refractivity contribution in [3.05, 3.63) is 18.0 Å². The van der Waals surface area contributed by atoms with Crippen LogP contribution in [0.25, 0.3) is 0 Å². The molecule has 12 heavy (non-hydrogen) atoms. The Morgan fingerprint density at radius 3 is 3.08 bits per heavy atom. The van der Waals surface area contributed by atoms with Crippen LogP contribution in [-0.2, 0) is 13.6 Å². The molecule has 0 amide bonds. The smallest absolute Gasteiger partial charge is 0.0762 e. The van der Waals surface area contributed by atoms with Gasteiger partial charge in [0, 0.05) is 25.7 Å². The molecule has 4 heteroatoms. The summed E-state index contributed by atoms with van der Waals surface area (Å²) in [5.41, 5.74) is 1.08. The molecule has 0 saturated carbocycles. The molecule has 68 valence electrons. The fourth-order valence-corrected chi connectivity index (χ4v) is 1.10. The van der Waals surface area contributed by atoms with Gasteiger partial charge in [-0.3, -0.25) is 4.68 Å². The Morgan fingerprint density at radius 1 is 1.67 bits per heavy atom. The SMILES string of the molecule is Cn1ccc(CNCCCCl)n1. The molecule has 1 aromatic heterocycles. The lowest BCUT2D eigenvalue weighted by molar-refractivity contribution is 0.648. The minimum absolute atomic E-state index is 0.717. The summed E-state index contributed by atoms with van der Waals surface area (Å²) in [5.74, 6) is 0.717. The van der Waals surface area contributed by atoms with E-state index in [4.69, 9.17) is 11.6 Å². The zero-order chi connectivity index (χ0) is 8.81. The highest BCUT2D eigenvalue weighted by Gasteiger charge is 1.94. The second-order valence-corrected chi connectivity index (χ2v) is 3.08. The van der Waals surface area contributed by atoms with Gasteiger partial charge >= 0.3 is 0 Å². The number of halogens is 1. The number of aryl methyl sites for hydroxylation is 1. The first kappa shape index (κ1) is 9.55. The van der Waals surface area contributed by atoms with E-state index in [0.717, 1.165) is 31.1 Å². The van der Waals surface area contributed by atoms with Crippen molar-refractivity contribution in [2.24, 2.45) is 7.05 Å². The summed E-state index contributed by atoms with van der Waals surface area (Å²) >= 11 is 5.53. The van der Waals surface area contributed by atoms with E-state index in [0.29, 0.717) is 0 Å². The van der Waals surface area contributed by atoms with Crippen molar-refractivity contribution >= 4 is 11.6 Å². The lowest BCUT2D eigenvalue weighted by Crippen LogP contribution is -2.15. The topological polar surface area (TPSA) is 29.9 Å². The maximum Gasteiger partial charge on any atom is 0.0762 e. The first-order valence-corrected chi connectivity index (χ1v) is 4.61. The molecular weight excluding hydrogens is 174 g/mol. The van der Waals surface area contributed by atoms with Crippen molar-refractivity contribution in [1.29, 1.82) is 0 Å². The highest BCUT2D eigenvalue weighted by molar-refractivity contribution is 6.17. The van der Waals surface area contributed by atoms with E-state index >= 15 is 0 Å². The van der Waals surface area contributed by atoms with Crippen LogP contribution in [0.5, 0.6) is 0 Å². The summed E-state index contributed by atoms with van der Waals surface area (Å²) < 4.78 is 1.80. The van der Waals surface area contributed by atoms with Crippen molar-refractivity contribution in [2.75, 3.05) is 12.4 Å². The first-order valence-electron chi connectivity index (χ1n) is 4.08. The molecule has 1 N–H and O–H groups in total. The molecule has 0 aliphatic rings. The minimum Gasteiger partial charge on any atom is -0.311 e. The zero-order valence-corrected chi connectivity index (χ0v) is 8.01. The fraction of sp³-hybridized carbons (Fsp3) is 0.625. The van der Waals surface area contributed by atoms with Gasteiger partial charge in [0.2, 0.25) is 0 Å². The maximum atomic E-state index is 5.53. The Morgan fingerprint density at radius 2 is 2.50 bits per heavy atom. The van der Waals surface area contributed by atoms with Crippen LogP contribution in [0.4, 0.5) is 0 Å². The Labute approximate surface area is 77.7 Å². The molecule has 0 unspecified atom stereocenters. The van der Waals surface area contributed by atoms with Crippen LogP contribution in [0.3, 0.4) is 0 Å². The Balaban J connectivity index is 2.15. The number of nitrogens with zero attached hydrogens (tertiary/aromatic N) is 2. The van der Waals surface area contributed by atoms with Gasteiger partial charge in [0.15, 0.2) is 0 Å². The van der Waals surface area contributed by atoms with Gasteiger partial charge in [-0.05, 0) is 19.0 Å². The van der Waals surface area contributed by atoms with Crippen LogP contribution < -0.4 is 5.32 Å². The van der Waals surface area contributed by atoms with Crippen molar-refractivity contribution in [3.63, 3.8) is 0 Å². The Kier molecular flexibility index (Phi) is 4.11. The third kappa shape index (κ3) is 3.24. The van der Waals surface area contributed by atoms with E-state index < -0.39 is 0 Å². The summed E-state index contributed by atoms with van der Waals surface area (Å²) in [4.78, 5) is 0. The summed E-state index contributed by atoms with van der Waals surface area (Å²) in [5, 5.41) is 7.49. The van der Waals surface area contributed by atoms with E-state index in [1.807, 2.05) is 19.3 Å². The molecule has 0 bridgehead atoms. The standard InChI is InChI=1S/C8H14ClN3/c1-12-6-3-8(11-12)7-10-5-2-4-9/h3,6,10H,2,4-5,7H2,1H3. The van der Waals surface area contributed by atoms with Crippen LogP contribution in [0.1, 0.15) is 12.1 Å². The van der Waals surface area contributed by atoms with Crippen LogP contribution >= 0.6 is 11.6 Å². The van der Waals surface area contributed by atoms with Crippen LogP contribution in [0.15, 0.2) is 12.3 Å². The predicted molar refractivity (Wildman–Crippen MR) is 50.3 cm³/mol. The Bertz CT molecular complexity index is 222. The molecule has 3 nitrogen and oxygen atoms in total. The molecule has 1 heterocycles. The molecule has 1 rings (SSSR count). The molecule has 0 fully saturated rings. The molecule has 0 atom stereocenters. The van der Waals surface area contributed by atoms with Gasteiger partial charge in [-0.1, -0.05) is 0 Å². The first-order chi connectivity index (χ1) is 5.83. The molecular formula is C8H14ClN3. The summed E-state index contributed by atoms with van der Waals surface area (Å²) in [6, 6.07) is 2.01. The molecule has 1 aromatic rings. The lowest BCUT2D eigenvalue weighted by atomic mass is 10.4. The van der Waals surface area contributed by atoms with Gasteiger partial charge in [-0.2, -0.15) is 5.10 Å². The minimum atomic E-state index is 0.717. The third-order valence-electron chi connectivity index (χ3n) is 1.56. The van der Waals surface area contributed by atoms with Gasteiger partial charge in [-0.25, -0.2) is 0 Å². The lowest BCUT2D eigenvalue weighted by Gasteiger charge is -1.98. The molecule has 0 radical (unpaired) electrons. The van der Waals surface area contributed by atoms with Crippen molar-refractivity contribution in [1.82, 2.24) is 15.1 Å². The highest BCUT2D eigenvalue weighted by Crippen LogP contribution is 1.92. The molecule has 0 saturated heterocycles. The quantitative estimate of drug-likeness (QED) is 0.554. The Hall–Kier alpha value is -0.540. The molecule has 0 aliphatic carbocycles. The highest BCUT2D eigenvalue weighted by atomic mass is 35.5. The summed E-state index contributed by atoms with van der Waals surface area (Å²) in [7, 11) is 1.92. The van der Waals surface area contributed by atoms with Gasteiger partial charge < -0.3 is 5.32 Å². The third-order valence-corrected chi connectivity index (χ3v) is 1.83. The van der Waals surface area contributed by atoms with Gasteiger partial charge in [0.25, 0.3) is 0 Å². The predicted octanol–water partition coefficient (Wildman–Crippen LogP) is 1.14. The normalized spacial score (nSPS) is 10.5. The average molecular weight is 188 g/mol.